The smallest absolute Gasteiger partial charge is 0.332 e. The molecule has 0 spiro atoms. The van der Waals surface area contributed by atoms with Crippen LogP contribution in [0, 0.1) is 5.82 Å². The summed E-state index contributed by atoms with van der Waals surface area (Å²) < 4.78 is 14.2. The van der Waals surface area contributed by atoms with Gasteiger partial charge in [0.1, 0.15) is 5.82 Å². The van der Waals surface area contributed by atoms with Gasteiger partial charge >= 0.3 is 11.0 Å². The molecule has 1 saturated heterocycles. The largest absolute Gasteiger partial charge is 0.337 e. The fourth-order valence-electron chi connectivity index (χ4n) is 1.77. The zero-order valence-corrected chi connectivity index (χ0v) is 13.0. The van der Waals surface area contributed by atoms with Gasteiger partial charge in [0.15, 0.2) is 0 Å². The molecular weight excluding hydrogens is 307 g/mol. The third kappa shape index (κ3) is 4.39. The van der Waals surface area contributed by atoms with Crippen molar-refractivity contribution in [2.75, 3.05) is 17.7 Å². The molecule has 1 aromatic rings. The van der Waals surface area contributed by atoms with Crippen LogP contribution in [0.2, 0.25) is 0 Å². The van der Waals surface area contributed by atoms with E-state index in [1.165, 1.54) is 40.7 Å². The number of hydrazone groups is 1. The molecule has 0 atom stereocenters. The van der Waals surface area contributed by atoms with Crippen molar-refractivity contribution in [3.63, 3.8) is 0 Å². The summed E-state index contributed by atoms with van der Waals surface area (Å²) in [6.07, 6.45) is 0. The maximum absolute atomic E-state index is 12.8. The van der Waals surface area contributed by atoms with Crippen LogP contribution >= 0.6 is 11.8 Å². The van der Waals surface area contributed by atoms with Gasteiger partial charge in [-0.15, -0.1) is 0 Å². The third-order valence-electron chi connectivity index (χ3n) is 2.61. The lowest BCUT2D eigenvalue weighted by atomic mass is 10.3. The van der Waals surface area contributed by atoms with Gasteiger partial charge in [-0.2, -0.15) is 0 Å². The standard InChI is InChI=1S/C14H15FN4O2S/c1-9(2)18-19(14-13(21)16-8-22-14)7-12(20)17-11-5-3-10(15)4-6-11/h3-6H,7-8H2,1-2H3,(H-,16,17,20,21)/p+1. The van der Waals surface area contributed by atoms with Crippen molar-refractivity contribution in [3.05, 3.63) is 30.1 Å². The highest BCUT2D eigenvalue weighted by molar-refractivity contribution is 8.16. The van der Waals surface area contributed by atoms with Gasteiger partial charge in [-0.3, -0.25) is 9.59 Å². The predicted octanol–water partition coefficient (Wildman–Crippen LogP) is 1.39. The van der Waals surface area contributed by atoms with Gasteiger partial charge < -0.3 is 10.6 Å². The Hall–Kier alpha value is -2.22. The second-order valence-corrected chi connectivity index (χ2v) is 5.72. The van der Waals surface area contributed by atoms with Crippen molar-refractivity contribution in [3.8, 4) is 0 Å². The second kappa shape index (κ2) is 7.17. The van der Waals surface area contributed by atoms with Gasteiger partial charge in [-0.05, 0) is 55.0 Å². The van der Waals surface area contributed by atoms with E-state index in [-0.39, 0.29) is 24.2 Å². The average Bonchev–Trinajstić information content (AvgIpc) is 2.86. The molecule has 0 bridgehead atoms. The molecule has 0 radical (unpaired) electrons. The fourth-order valence-corrected chi connectivity index (χ4v) is 2.56. The molecule has 1 aliphatic heterocycles. The highest BCUT2D eigenvalue weighted by Gasteiger charge is 2.31. The third-order valence-corrected chi connectivity index (χ3v) is 3.57. The highest BCUT2D eigenvalue weighted by Crippen LogP contribution is 2.11. The lowest BCUT2D eigenvalue weighted by Gasteiger charge is -2.03. The Kier molecular flexibility index (Phi) is 5.26. The number of nitrogens with one attached hydrogen (secondary N) is 2. The van der Waals surface area contributed by atoms with E-state index in [9.17, 15) is 14.0 Å². The summed E-state index contributed by atoms with van der Waals surface area (Å²) in [5, 5.41) is 9.90. The fraction of sp³-hybridized carbons (Fsp3) is 0.286. The number of benzene rings is 1. The number of halogens is 1. The number of nitrogens with zero attached hydrogens (tertiary/aromatic N) is 2. The van der Waals surface area contributed by atoms with E-state index in [2.05, 4.69) is 15.7 Å². The summed E-state index contributed by atoms with van der Waals surface area (Å²) in [4.78, 5) is 23.8. The predicted molar refractivity (Wildman–Crippen MR) is 84.5 cm³/mol. The maximum atomic E-state index is 12.8. The Morgan fingerprint density at radius 1 is 1.41 bits per heavy atom. The molecule has 1 fully saturated rings. The number of rotatable bonds is 4. The Morgan fingerprint density at radius 3 is 2.64 bits per heavy atom. The summed E-state index contributed by atoms with van der Waals surface area (Å²) >= 11 is 1.30. The first-order chi connectivity index (χ1) is 10.5. The molecule has 1 aliphatic rings. The Morgan fingerprint density at radius 2 is 2.09 bits per heavy atom. The zero-order chi connectivity index (χ0) is 16.1. The number of amides is 2. The van der Waals surface area contributed by atoms with Crippen LogP contribution in [0.25, 0.3) is 0 Å². The molecule has 2 N–H and O–H groups in total. The lowest BCUT2D eigenvalue weighted by Crippen LogP contribution is -2.31. The molecule has 0 unspecified atom stereocenters. The van der Waals surface area contributed by atoms with E-state index in [0.717, 1.165) is 5.71 Å². The molecule has 8 heteroatoms. The van der Waals surface area contributed by atoms with Crippen LogP contribution in [0.4, 0.5) is 10.1 Å². The second-order valence-electron chi connectivity index (χ2n) is 4.76. The maximum Gasteiger partial charge on any atom is 0.332 e. The van der Waals surface area contributed by atoms with Crippen molar-refractivity contribution < 1.29 is 18.7 Å². The molecule has 0 aliphatic carbocycles. The van der Waals surface area contributed by atoms with Gasteiger partial charge in [0.25, 0.3) is 12.5 Å². The summed E-state index contributed by atoms with van der Waals surface area (Å²) in [6.45, 7) is 3.46. The number of hydrogen-bond acceptors (Lipinski definition) is 4. The molecule has 2 rings (SSSR count). The minimum absolute atomic E-state index is 0.0989. The minimum Gasteiger partial charge on any atom is -0.337 e. The SMILES string of the molecule is CC(C)=N[N+](CC(=O)Nc1ccc(F)cc1)=C1SCNC1=O. The number of carbonyl (C=O) groups is 2. The van der Waals surface area contributed by atoms with Crippen molar-refractivity contribution in [2.24, 2.45) is 5.10 Å². The highest BCUT2D eigenvalue weighted by atomic mass is 32.2. The van der Waals surface area contributed by atoms with Crippen molar-refractivity contribution in [2.45, 2.75) is 13.8 Å². The van der Waals surface area contributed by atoms with Crippen LogP contribution in [0.15, 0.2) is 29.4 Å². The van der Waals surface area contributed by atoms with Gasteiger partial charge in [-0.25, -0.2) is 4.39 Å². The summed E-state index contributed by atoms with van der Waals surface area (Å²) in [5.74, 6) is -0.503. The van der Waals surface area contributed by atoms with Crippen LogP contribution in [0.1, 0.15) is 13.8 Å². The van der Waals surface area contributed by atoms with Gasteiger partial charge in [0, 0.05) is 5.69 Å². The molecular formula is C14H16FN4O2S+. The van der Waals surface area contributed by atoms with Gasteiger partial charge in [0.05, 0.1) is 11.6 Å². The van der Waals surface area contributed by atoms with E-state index in [1.807, 2.05) is 0 Å². The van der Waals surface area contributed by atoms with E-state index in [4.69, 9.17) is 0 Å². The van der Waals surface area contributed by atoms with Crippen LogP contribution in [0.3, 0.4) is 0 Å². The van der Waals surface area contributed by atoms with E-state index >= 15 is 0 Å². The normalized spacial score (nSPS) is 16.0. The van der Waals surface area contributed by atoms with Crippen LogP contribution in [0.5, 0.6) is 0 Å². The van der Waals surface area contributed by atoms with Gasteiger partial charge in [-0.1, -0.05) is 4.68 Å². The van der Waals surface area contributed by atoms with Crippen molar-refractivity contribution >= 4 is 40.0 Å². The molecule has 0 saturated carbocycles. The molecule has 6 nitrogen and oxygen atoms in total. The zero-order valence-electron chi connectivity index (χ0n) is 12.2. The molecule has 1 aromatic carbocycles. The summed E-state index contributed by atoms with van der Waals surface area (Å²) in [7, 11) is 0. The van der Waals surface area contributed by atoms with Crippen molar-refractivity contribution in [1.29, 1.82) is 0 Å². The Balaban J connectivity index is 2.14. The van der Waals surface area contributed by atoms with E-state index < -0.39 is 0 Å². The first kappa shape index (κ1) is 16.2. The summed E-state index contributed by atoms with van der Waals surface area (Å²) in [5.41, 5.74) is 1.21. The topological polar surface area (TPSA) is 73.6 Å². The van der Waals surface area contributed by atoms with Crippen LogP contribution in [-0.4, -0.2) is 39.7 Å². The Labute approximate surface area is 131 Å². The van der Waals surface area contributed by atoms with Crippen LogP contribution in [-0.2, 0) is 9.59 Å². The molecule has 1 heterocycles. The van der Waals surface area contributed by atoms with E-state index in [1.54, 1.807) is 13.8 Å². The molecule has 116 valence electrons. The Bertz CT molecular complexity index is 651. The van der Waals surface area contributed by atoms with E-state index in [0.29, 0.717) is 16.6 Å². The molecule has 2 amide bonds. The quantitative estimate of drug-likeness (QED) is 0.500. The van der Waals surface area contributed by atoms with Crippen molar-refractivity contribution in [1.82, 2.24) is 5.32 Å². The average molecular weight is 323 g/mol. The number of carbonyl (C=O) groups excluding carboxylic acids is 2. The monoisotopic (exact) mass is 323 g/mol. The molecule has 0 aromatic heterocycles. The number of hydrogen-bond donors (Lipinski definition) is 2. The molecule has 22 heavy (non-hydrogen) atoms. The first-order valence-corrected chi connectivity index (χ1v) is 7.57. The van der Waals surface area contributed by atoms with Crippen LogP contribution < -0.4 is 10.6 Å². The van der Waals surface area contributed by atoms with Gasteiger partial charge in [0.2, 0.25) is 0 Å². The minimum atomic E-state index is -0.375. The first-order valence-electron chi connectivity index (χ1n) is 6.58. The number of thioether (sulfide) groups is 1. The number of anilines is 1. The summed E-state index contributed by atoms with van der Waals surface area (Å²) in [6, 6.07) is 5.46. The lowest BCUT2D eigenvalue weighted by molar-refractivity contribution is -0.517.